The van der Waals surface area contributed by atoms with Gasteiger partial charge in [-0.05, 0) is 31.4 Å². The highest BCUT2D eigenvalue weighted by molar-refractivity contribution is 5.67. The highest BCUT2D eigenvalue weighted by atomic mass is 16.6. The zero-order valence-corrected chi connectivity index (χ0v) is 20.4. The minimum absolute atomic E-state index is 0.0440. The van der Waals surface area contributed by atoms with Crippen LogP contribution in [0.25, 0.3) is 0 Å². The number of carbonyl (C=O) groups is 1. The van der Waals surface area contributed by atoms with Crippen LogP contribution < -0.4 is 5.32 Å². The third-order valence-corrected chi connectivity index (χ3v) is 6.37. The van der Waals surface area contributed by atoms with Crippen molar-refractivity contribution >= 4 is 6.09 Å². The van der Waals surface area contributed by atoms with Gasteiger partial charge in [-0.1, -0.05) is 96.5 Å². The minimum atomic E-state index is -0.404. The molecule has 1 aliphatic heterocycles. The summed E-state index contributed by atoms with van der Waals surface area (Å²) in [4.78, 5) is 16.0. The molecule has 1 fully saturated rings. The number of ether oxygens (including phenoxy) is 2. The molecule has 2 rings (SSSR count). The van der Waals surface area contributed by atoms with Crippen LogP contribution in [0.15, 0.2) is 24.4 Å². The number of pyridine rings is 1. The SMILES string of the molecule is CCCCCCCCCCCCCCC[C@@H]1CC[C@@H](COC(=O)NCc2ccccn2)O1. The van der Waals surface area contributed by atoms with Crippen LogP contribution in [-0.2, 0) is 16.0 Å². The normalized spacial score (nSPS) is 18.0. The van der Waals surface area contributed by atoms with E-state index in [0.29, 0.717) is 19.3 Å². The van der Waals surface area contributed by atoms with E-state index < -0.39 is 6.09 Å². The lowest BCUT2D eigenvalue weighted by Gasteiger charge is -2.14. The fraction of sp³-hybridized carbons (Fsp3) is 0.778. The zero-order chi connectivity index (χ0) is 22.7. The second kappa shape index (κ2) is 17.9. The molecule has 1 saturated heterocycles. The van der Waals surface area contributed by atoms with Gasteiger partial charge in [0, 0.05) is 6.20 Å². The Hall–Kier alpha value is -1.62. The van der Waals surface area contributed by atoms with Crippen molar-refractivity contribution in [3.8, 4) is 0 Å². The summed E-state index contributed by atoms with van der Waals surface area (Å²) in [7, 11) is 0. The number of nitrogens with one attached hydrogen (secondary N) is 1. The molecule has 0 aromatic carbocycles. The van der Waals surface area contributed by atoms with Gasteiger partial charge >= 0.3 is 6.09 Å². The molecule has 1 N–H and O–H groups in total. The van der Waals surface area contributed by atoms with E-state index in [9.17, 15) is 4.79 Å². The first kappa shape index (κ1) is 26.6. The molecule has 2 heterocycles. The highest BCUT2D eigenvalue weighted by Gasteiger charge is 2.25. The first-order valence-electron chi connectivity index (χ1n) is 13.2. The zero-order valence-electron chi connectivity index (χ0n) is 20.4. The van der Waals surface area contributed by atoms with Crippen molar-refractivity contribution in [3.63, 3.8) is 0 Å². The Morgan fingerprint density at radius 3 is 2.19 bits per heavy atom. The van der Waals surface area contributed by atoms with Gasteiger partial charge in [0.25, 0.3) is 0 Å². The summed E-state index contributed by atoms with van der Waals surface area (Å²) in [6, 6.07) is 5.63. The number of hydrogen-bond acceptors (Lipinski definition) is 4. The van der Waals surface area contributed by atoms with Crippen molar-refractivity contribution in [2.24, 2.45) is 0 Å². The number of hydrogen-bond donors (Lipinski definition) is 1. The molecule has 0 radical (unpaired) electrons. The maximum atomic E-state index is 11.8. The lowest BCUT2D eigenvalue weighted by atomic mass is 10.0. The summed E-state index contributed by atoms with van der Waals surface area (Å²) < 4.78 is 11.4. The Labute approximate surface area is 196 Å². The molecular weight excluding hydrogens is 400 g/mol. The Balaban J connectivity index is 1.36. The Morgan fingerprint density at radius 2 is 1.56 bits per heavy atom. The molecule has 0 aliphatic carbocycles. The van der Waals surface area contributed by atoms with Crippen LogP contribution in [0, 0.1) is 0 Å². The third kappa shape index (κ3) is 13.0. The molecule has 2 atom stereocenters. The summed E-state index contributed by atoms with van der Waals surface area (Å²) in [5, 5.41) is 2.73. The fourth-order valence-electron chi connectivity index (χ4n) is 4.39. The van der Waals surface area contributed by atoms with Gasteiger partial charge in [-0.2, -0.15) is 0 Å². The smallest absolute Gasteiger partial charge is 0.407 e. The summed E-state index contributed by atoms with van der Waals surface area (Å²) in [5.74, 6) is 0. The van der Waals surface area contributed by atoms with Crippen molar-refractivity contribution in [3.05, 3.63) is 30.1 Å². The van der Waals surface area contributed by atoms with Crippen molar-refractivity contribution in [2.45, 2.75) is 128 Å². The number of unbranched alkanes of at least 4 members (excludes halogenated alkanes) is 12. The average molecular weight is 447 g/mol. The monoisotopic (exact) mass is 446 g/mol. The van der Waals surface area contributed by atoms with Crippen LogP contribution in [0.5, 0.6) is 0 Å². The van der Waals surface area contributed by atoms with Gasteiger partial charge in [0.15, 0.2) is 0 Å². The van der Waals surface area contributed by atoms with Crippen molar-refractivity contribution in [2.75, 3.05) is 6.61 Å². The molecule has 1 aromatic heterocycles. The summed E-state index contributed by atoms with van der Waals surface area (Å²) in [6.45, 7) is 3.00. The van der Waals surface area contributed by atoms with E-state index in [1.165, 1.54) is 83.5 Å². The van der Waals surface area contributed by atoms with E-state index in [1.54, 1.807) is 6.20 Å². The fourth-order valence-corrected chi connectivity index (χ4v) is 4.39. The summed E-state index contributed by atoms with van der Waals surface area (Å²) in [5.41, 5.74) is 0.819. The minimum Gasteiger partial charge on any atom is -0.447 e. The lowest BCUT2D eigenvalue weighted by molar-refractivity contribution is 0.00103. The molecule has 0 spiro atoms. The maximum absolute atomic E-state index is 11.8. The predicted octanol–water partition coefficient (Wildman–Crippen LogP) is 7.34. The van der Waals surface area contributed by atoms with Crippen LogP contribution in [0.1, 0.15) is 115 Å². The average Bonchev–Trinajstić information content (AvgIpc) is 3.28. The molecule has 5 nitrogen and oxygen atoms in total. The largest absolute Gasteiger partial charge is 0.447 e. The Morgan fingerprint density at radius 1 is 0.938 bits per heavy atom. The quantitative estimate of drug-likeness (QED) is 0.240. The van der Waals surface area contributed by atoms with E-state index in [-0.39, 0.29) is 6.10 Å². The Kier molecular flexibility index (Phi) is 14.9. The molecular formula is C27H46N2O3. The van der Waals surface area contributed by atoms with E-state index in [0.717, 1.165) is 25.0 Å². The number of nitrogens with zero attached hydrogens (tertiary/aromatic N) is 1. The molecule has 1 aliphatic rings. The first-order valence-corrected chi connectivity index (χ1v) is 13.2. The molecule has 1 aromatic rings. The molecule has 0 saturated carbocycles. The van der Waals surface area contributed by atoms with Gasteiger partial charge in [0.05, 0.1) is 24.4 Å². The van der Waals surface area contributed by atoms with Gasteiger partial charge in [-0.25, -0.2) is 4.79 Å². The molecule has 182 valence electrons. The van der Waals surface area contributed by atoms with Gasteiger partial charge in [-0.3, -0.25) is 4.98 Å². The topological polar surface area (TPSA) is 60.5 Å². The van der Waals surface area contributed by atoms with Gasteiger partial charge in [0.2, 0.25) is 0 Å². The first-order chi connectivity index (χ1) is 15.8. The third-order valence-electron chi connectivity index (χ3n) is 6.37. The van der Waals surface area contributed by atoms with E-state index in [4.69, 9.17) is 9.47 Å². The molecule has 32 heavy (non-hydrogen) atoms. The predicted molar refractivity (Wildman–Crippen MR) is 131 cm³/mol. The summed E-state index contributed by atoms with van der Waals surface area (Å²) >= 11 is 0. The highest BCUT2D eigenvalue weighted by Crippen LogP contribution is 2.24. The van der Waals surface area contributed by atoms with Crippen LogP contribution in [-0.4, -0.2) is 29.9 Å². The van der Waals surface area contributed by atoms with Gasteiger partial charge in [-0.15, -0.1) is 0 Å². The molecule has 0 bridgehead atoms. The van der Waals surface area contributed by atoms with Crippen LogP contribution in [0.3, 0.4) is 0 Å². The number of amides is 1. The van der Waals surface area contributed by atoms with E-state index in [2.05, 4.69) is 17.2 Å². The van der Waals surface area contributed by atoms with Crippen LogP contribution in [0.2, 0.25) is 0 Å². The number of aromatic nitrogens is 1. The maximum Gasteiger partial charge on any atom is 0.407 e. The molecule has 5 heteroatoms. The molecule has 1 amide bonds. The lowest BCUT2D eigenvalue weighted by Crippen LogP contribution is -2.28. The second-order valence-corrected chi connectivity index (χ2v) is 9.26. The number of rotatable bonds is 18. The van der Waals surface area contributed by atoms with Gasteiger partial charge < -0.3 is 14.8 Å². The number of carbonyl (C=O) groups excluding carboxylic acids is 1. The summed E-state index contributed by atoms with van der Waals surface area (Å²) in [6.07, 6.45) is 22.9. The van der Waals surface area contributed by atoms with Crippen LogP contribution >= 0.6 is 0 Å². The van der Waals surface area contributed by atoms with Crippen LogP contribution in [0.4, 0.5) is 4.79 Å². The molecule has 0 unspecified atom stereocenters. The van der Waals surface area contributed by atoms with Crippen molar-refractivity contribution < 1.29 is 14.3 Å². The van der Waals surface area contributed by atoms with E-state index >= 15 is 0 Å². The standard InChI is InChI=1S/C27H46N2O3/c1-2-3-4-5-6-7-8-9-10-11-12-13-14-18-25-19-20-26(32-25)23-31-27(30)29-22-24-17-15-16-21-28-24/h15-17,21,25-26H,2-14,18-20,22-23H2,1H3,(H,29,30)/t25-,26+/m1/s1. The Bertz CT molecular complexity index is 582. The van der Waals surface area contributed by atoms with Gasteiger partial charge in [0.1, 0.15) is 6.61 Å². The second-order valence-electron chi connectivity index (χ2n) is 9.26. The van der Waals surface area contributed by atoms with E-state index in [1.807, 2.05) is 18.2 Å². The number of alkyl carbamates (subject to hydrolysis) is 1. The van der Waals surface area contributed by atoms with Crippen molar-refractivity contribution in [1.82, 2.24) is 10.3 Å². The van der Waals surface area contributed by atoms with Crippen molar-refractivity contribution in [1.29, 1.82) is 0 Å².